The van der Waals surface area contributed by atoms with Crippen LogP contribution in [-0.2, 0) is 10.8 Å². The second kappa shape index (κ2) is 4.36. The van der Waals surface area contributed by atoms with Crippen LogP contribution in [0.5, 0.6) is 0 Å². The van der Waals surface area contributed by atoms with Crippen LogP contribution in [0.1, 0.15) is 30.9 Å². The van der Waals surface area contributed by atoms with Crippen molar-refractivity contribution in [3.8, 4) is 0 Å². The maximum atomic E-state index is 12.6. The highest BCUT2D eigenvalue weighted by Gasteiger charge is 2.31. The molecule has 0 spiro atoms. The molecule has 0 fully saturated rings. The lowest BCUT2D eigenvalue weighted by Gasteiger charge is -2.30. The van der Waals surface area contributed by atoms with E-state index in [-0.39, 0.29) is 0 Å². The van der Waals surface area contributed by atoms with E-state index in [1.807, 2.05) is 36.4 Å². The molecule has 2 aromatic rings. The van der Waals surface area contributed by atoms with Crippen molar-refractivity contribution in [2.45, 2.75) is 29.6 Å². The molecule has 0 amide bonds. The van der Waals surface area contributed by atoms with E-state index in [0.717, 1.165) is 9.79 Å². The van der Waals surface area contributed by atoms with Gasteiger partial charge in [-0.15, -0.1) is 0 Å². The maximum absolute atomic E-state index is 12.6. The molecule has 2 aromatic carbocycles. The lowest BCUT2D eigenvalue weighted by atomic mass is 9.82. The zero-order valence-corrected chi connectivity index (χ0v) is 11.4. The van der Waals surface area contributed by atoms with Crippen molar-refractivity contribution in [2.24, 2.45) is 5.92 Å². The third-order valence-electron chi connectivity index (χ3n) is 3.57. The Morgan fingerprint density at radius 1 is 0.889 bits per heavy atom. The summed E-state index contributed by atoms with van der Waals surface area (Å²) in [5.74, 6) is 0.861. The Bertz CT molecular complexity index is 566. The summed E-state index contributed by atoms with van der Waals surface area (Å²) >= 11 is 0. The summed E-state index contributed by atoms with van der Waals surface area (Å²) in [5.41, 5.74) is 2.45. The average molecular weight is 256 g/mol. The molecule has 18 heavy (non-hydrogen) atoms. The van der Waals surface area contributed by atoms with Gasteiger partial charge in [0.05, 0.1) is 10.8 Å². The number of rotatable bonds is 1. The van der Waals surface area contributed by atoms with E-state index in [1.54, 1.807) is 0 Å². The first kappa shape index (κ1) is 11.7. The minimum absolute atomic E-state index is 0.357. The Labute approximate surface area is 110 Å². The first-order chi connectivity index (χ1) is 8.70. The monoisotopic (exact) mass is 256 g/mol. The zero-order valence-electron chi connectivity index (χ0n) is 10.6. The molecule has 0 aromatic heterocycles. The van der Waals surface area contributed by atoms with Gasteiger partial charge in [-0.1, -0.05) is 50.2 Å². The maximum Gasteiger partial charge on any atom is 0.0855 e. The van der Waals surface area contributed by atoms with E-state index in [4.69, 9.17) is 0 Å². The van der Waals surface area contributed by atoms with Gasteiger partial charge in [0, 0.05) is 15.7 Å². The predicted molar refractivity (Wildman–Crippen MR) is 74.2 cm³/mol. The van der Waals surface area contributed by atoms with Crippen LogP contribution in [0.3, 0.4) is 0 Å². The summed E-state index contributed by atoms with van der Waals surface area (Å²) in [6.45, 7) is 4.46. The van der Waals surface area contributed by atoms with Gasteiger partial charge in [0.1, 0.15) is 0 Å². The standard InChI is InChI=1S/C16H16OS/c1-11(2)16-12-7-3-5-9-14(12)18(17)15-10-6-4-8-13(15)16/h3-11,16H,1-2H3. The minimum Gasteiger partial charge on any atom is -0.249 e. The van der Waals surface area contributed by atoms with Crippen LogP contribution >= 0.6 is 0 Å². The Kier molecular flexibility index (Phi) is 2.83. The van der Waals surface area contributed by atoms with Crippen molar-refractivity contribution >= 4 is 10.8 Å². The second-order valence-electron chi connectivity index (χ2n) is 5.07. The van der Waals surface area contributed by atoms with E-state index in [1.165, 1.54) is 11.1 Å². The van der Waals surface area contributed by atoms with E-state index < -0.39 is 10.8 Å². The summed E-state index contributed by atoms with van der Waals surface area (Å²) in [4.78, 5) is 1.96. The molecule has 0 unspecified atom stereocenters. The highest BCUT2D eigenvalue weighted by atomic mass is 32.2. The van der Waals surface area contributed by atoms with E-state index in [2.05, 4.69) is 26.0 Å². The molecular weight excluding hydrogens is 240 g/mol. The van der Waals surface area contributed by atoms with Crippen LogP contribution < -0.4 is 0 Å². The number of fused-ring (bicyclic) bond motifs is 2. The third-order valence-corrected chi connectivity index (χ3v) is 5.12. The number of hydrogen-bond acceptors (Lipinski definition) is 1. The molecular formula is C16H16OS. The summed E-state index contributed by atoms with van der Waals surface area (Å²) in [5, 5.41) is 0. The molecule has 2 heteroatoms. The van der Waals surface area contributed by atoms with Gasteiger partial charge in [-0.05, 0) is 29.2 Å². The van der Waals surface area contributed by atoms with Crippen LogP contribution in [0.25, 0.3) is 0 Å². The molecule has 1 heterocycles. The second-order valence-corrected chi connectivity index (χ2v) is 6.48. The number of hydrogen-bond donors (Lipinski definition) is 0. The van der Waals surface area contributed by atoms with Crippen molar-refractivity contribution in [3.63, 3.8) is 0 Å². The van der Waals surface area contributed by atoms with Crippen LogP contribution in [0.4, 0.5) is 0 Å². The predicted octanol–water partition coefficient (Wildman–Crippen LogP) is 3.95. The molecule has 0 N–H and O–H groups in total. The topological polar surface area (TPSA) is 17.1 Å². The minimum atomic E-state index is -1.03. The molecule has 92 valence electrons. The zero-order chi connectivity index (χ0) is 12.7. The van der Waals surface area contributed by atoms with Gasteiger partial charge < -0.3 is 0 Å². The molecule has 0 aliphatic carbocycles. The fourth-order valence-corrected chi connectivity index (χ4v) is 4.28. The van der Waals surface area contributed by atoms with Crippen molar-refractivity contribution in [1.29, 1.82) is 0 Å². The van der Waals surface area contributed by atoms with Gasteiger partial charge in [0.15, 0.2) is 0 Å². The van der Waals surface area contributed by atoms with E-state index in [0.29, 0.717) is 11.8 Å². The smallest absolute Gasteiger partial charge is 0.0855 e. The molecule has 0 radical (unpaired) electrons. The highest BCUT2D eigenvalue weighted by Crippen LogP contribution is 2.43. The molecule has 0 bridgehead atoms. The summed E-state index contributed by atoms with van der Waals surface area (Å²) < 4.78 is 12.6. The first-order valence-corrected chi connectivity index (χ1v) is 7.44. The van der Waals surface area contributed by atoms with E-state index in [9.17, 15) is 4.21 Å². The van der Waals surface area contributed by atoms with Gasteiger partial charge in [0.2, 0.25) is 0 Å². The summed E-state index contributed by atoms with van der Waals surface area (Å²) in [6.07, 6.45) is 0. The fraction of sp³-hybridized carbons (Fsp3) is 0.250. The van der Waals surface area contributed by atoms with Gasteiger partial charge in [-0.25, -0.2) is 4.21 Å². The SMILES string of the molecule is CC(C)C1c2ccccc2S(=O)c2ccccc21. The fourth-order valence-electron chi connectivity index (χ4n) is 2.82. The van der Waals surface area contributed by atoms with Crippen molar-refractivity contribution in [3.05, 3.63) is 59.7 Å². The quantitative estimate of drug-likeness (QED) is 0.755. The van der Waals surface area contributed by atoms with Crippen molar-refractivity contribution in [2.75, 3.05) is 0 Å². The first-order valence-electron chi connectivity index (χ1n) is 6.29. The number of benzene rings is 2. The highest BCUT2D eigenvalue weighted by molar-refractivity contribution is 7.85. The lowest BCUT2D eigenvalue weighted by Crippen LogP contribution is -2.18. The van der Waals surface area contributed by atoms with Crippen LogP contribution in [0.15, 0.2) is 58.3 Å². The summed E-state index contributed by atoms with van der Waals surface area (Å²) in [6, 6.07) is 16.3. The van der Waals surface area contributed by atoms with Crippen LogP contribution in [-0.4, -0.2) is 4.21 Å². The van der Waals surface area contributed by atoms with Crippen LogP contribution in [0, 0.1) is 5.92 Å². The Hall–Kier alpha value is -1.41. The Morgan fingerprint density at radius 3 is 1.78 bits per heavy atom. The van der Waals surface area contributed by atoms with Gasteiger partial charge in [-0.2, -0.15) is 0 Å². The Balaban J connectivity index is 2.30. The molecule has 1 nitrogen and oxygen atoms in total. The average Bonchev–Trinajstić information content (AvgIpc) is 2.39. The van der Waals surface area contributed by atoms with Gasteiger partial charge in [0.25, 0.3) is 0 Å². The van der Waals surface area contributed by atoms with Crippen molar-refractivity contribution in [1.82, 2.24) is 0 Å². The van der Waals surface area contributed by atoms with Crippen molar-refractivity contribution < 1.29 is 4.21 Å². The lowest BCUT2D eigenvalue weighted by molar-refractivity contribution is 0.543. The molecule has 1 aliphatic heterocycles. The molecule has 1 aliphatic rings. The van der Waals surface area contributed by atoms with E-state index >= 15 is 0 Å². The Morgan fingerprint density at radius 2 is 1.33 bits per heavy atom. The molecule has 0 atom stereocenters. The van der Waals surface area contributed by atoms with Gasteiger partial charge in [-0.3, -0.25) is 0 Å². The third kappa shape index (κ3) is 1.64. The normalized spacial score (nSPS) is 21.5. The molecule has 0 saturated carbocycles. The summed E-state index contributed by atoms with van der Waals surface area (Å²) in [7, 11) is -1.03. The molecule has 0 saturated heterocycles. The molecule has 3 rings (SSSR count). The van der Waals surface area contributed by atoms with Gasteiger partial charge >= 0.3 is 0 Å². The largest absolute Gasteiger partial charge is 0.249 e. The van der Waals surface area contributed by atoms with Crippen LogP contribution in [0.2, 0.25) is 0 Å².